The van der Waals surface area contributed by atoms with E-state index in [-0.39, 0.29) is 6.04 Å². The molecule has 1 N–H and O–H groups in total. The minimum atomic E-state index is 0.238. The summed E-state index contributed by atoms with van der Waals surface area (Å²) in [5.41, 5.74) is 0.995. The Hall–Kier alpha value is -1.95. The van der Waals surface area contributed by atoms with Gasteiger partial charge in [-0.15, -0.1) is 5.10 Å². The average molecular weight is 261 g/mol. The number of ether oxygens (including phenoxy) is 1. The Morgan fingerprint density at radius 1 is 1.37 bits per heavy atom. The maximum absolute atomic E-state index is 5.49. The lowest BCUT2D eigenvalue weighted by atomic mass is 10.2. The molecular weight excluding hydrogens is 242 g/mol. The average Bonchev–Trinajstić information content (AvgIpc) is 2.82. The first-order valence-electron chi connectivity index (χ1n) is 6.42. The summed E-state index contributed by atoms with van der Waals surface area (Å²) in [6.45, 7) is 5.22. The summed E-state index contributed by atoms with van der Waals surface area (Å²) in [6, 6.07) is 4.39. The van der Waals surface area contributed by atoms with Crippen molar-refractivity contribution in [3.8, 4) is 11.8 Å². The Kier molecular flexibility index (Phi) is 4.46. The minimum Gasteiger partial charge on any atom is -0.422 e. The van der Waals surface area contributed by atoms with Gasteiger partial charge < -0.3 is 10.1 Å². The molecule has 6 heteroatoms. The van der Waals surface area contributed by atoms with Crippen molar-refractivity contribution < 1.29 is 4.74 Å². The summed E-state index contributed by atoms with van der Waals surface area (Å²) < 4.78 is 7.08. The molecular formula is C13H19N5O. The van der Waals surface area contributed by atoms with Crippen molar-refractivity contribution >= 4 is 0 Å². The largest absolute Gasteiger partial charge is 0.422 e. The summed E-state index contributed by atoms with van der Waals surface area (Å²) in [6.07, 6.45) is 4.39. The van der Waals surface area contributed by atoms with Crippen LogP contribution in [0.3, 0.4) is 0 Å². The molecule has 2 rings (SSSR count). The standard InChI is InChI=1S/C13H19N5O/c1-4-7-14-10(2)12-6-5-11(8-15-12)19-13-16-9-18(3)17-13/h5-6,8-10,14H,4,7H2,1-3H3. The fraction of sp³-hybridized carbons (Fsp3) is 0.462. The van der Waals surface area contributed by atoms with Crippen LogP contribution < -0.4 is 10.1 Å². The smallest absolute Gasteiger partial charge is 0.341 e. The number of hydrogen-bond donors (Lipinski definition) is 1. The Bertz CT molecular complexity index is 508. The SMILES string of the molecule is CCCNC(C)c1ccc(Oc2ncn(C)n2)cn1. The first-order valence-corrected chi connectivity index (χ1v) is 6.42. The molecule has 1 unspecified atom stereocenters. The molecule has 0 aliphatic heterocycles. The number of rotatable bonds is 6. The van der Waals surface area contributed by atoms with Crippen LogP contribution in [0, 0.1) is 0 Å². The van der Waals surface area contributed by atoms with Gasteiger partial charge in [0, 0.05) is 13.1 Å². The van der Waals surface area contributed by atoms with Gasteiger partial charge in [-0.2, -0.15) is 4.98 Å². The second-order valence-electron chi connectivity index (χ2n) is 4.40. The summed E-state index contributed by atoms with van der Waals surface area (Å²) in [7, 11) is 1.79. The zero-order valence-electron chi connectivity index (χ0n) is 11.5. The second-order valence-corrected chi connectivity index (χ2v) is 4.40. The molecule has 0 spiro atoms. The first-order chi connectivity index (χ1) is 9.19. The molecule has 6 nitrogen and oxygen atoms in total. The van der Waals surface area contributed by atoms with E-state index in [9.17, 15) is 0 Å². The van der Waals surface area contributed by atoms with Crippen molar-refractivity contribution in [1.29, 1.82) is 0 Å². The lowest BCUT2D eigenvalue weighted by molar-refractivity contribution is 0.436. The van der Waals surface area contributed by atoms with E-state index in [2.05, 4.69) is 34.2 Å². The molecule has 19 heavy (non-hydrogen) atoms. The van der Waals surface area contributed by atoms with Crippen LogP contribution in [0.25, 0.3) is 0 Å². The van der Waals surface area contributed by atoms with E-state index >= 15 is 0 Å². The molecule has 2 heterocycles. The van der Waals surface area contributed by atoms with Gasteiger partial charge in [-0.25, -0.2) is 0 Å². The lowest BCUT2D eigenvalue weighted by Crippen LogP contribution is -2.20. The van der Waals surface area contributed by atoms with E-state index in [1.807, 2.05) is 12.1 Å². The van der Waals surface area contributed by atoms with Gasteiger partial charge in [0.1, 0.15) is 12.1 Å². The maximum atomic E-state index is 5.49. The highest BCUT2D eigenvalue weighted by molar-refractivity contribution is 5.23. The maximum Gasteiger partial charge on any atom is 0.341 e. The van der Waals surface area contributed by atoms with Gasteiger partial charge in [0.05, 0.1) is 11.9 Å². The molecule has 0 aliphatic rings. The highest BCUT2D eigenvalue weighted by Crippen LogP contribution is 2.18. The molecule has 0 saturated heterocycles. The molecule has 0 saturated carbocycles. The van der Waals surface area contributed by atoms with Gasteiger partial charge in [0.2, 0.25) is 0 Å². The van der Waals surface area contributed by atoms with Crippen LogP contribution in [-0.2, 0) is 7.05 Å². The quantitative estimate of drug-likeness (QED) is 0.862. The van der Waals surface area contributed by atoms with Crippen molar-refractivity contribution in [2.45, 2.75) is 26.3 Å². The van der Waals surface area contributed by atoms with Crippen molar-refractivity contribution in [2.24, 2.45) is 7.05 Å². The number of nitrogens with one attached hydrogen (secondary N) is 1. The number of pyridine rings is 1. The molecule has 102 valence electrons. The summed E-state index contributed by atoms with van der Waals surface area (Å²) in [5.74, 6) is 0.637. The zero-order valence-corrected chi connectivity index (χ0v) is 11.5. The van der Waals surface area contributed by atoms with Crippen molar-refractivity contribution in [1.82, 2.24) is 25.1 Å². The summed E-state index contributed by atoms with van der Waals surface area (Å²) in [5, 5.41) is 7.44. The van der Waals surface area contributed by atoms with Crippen LogP contribution in [0.4, 0.5) is 0 Å². The van der Waals surface area contributed by atoms with Crippen LogP contribution in [0.2, 0.25) is 0 Å². The van der Waals surface area contributed by atoms with Gasteiger partial charge >= 0.3 is 6.01 Å². The predicted octanol–water partition coefficient (Wildman–Crippen LogP) is 2.06. The number of hydrogen-bond acceptors (Lipinski definition) is 5. The molecule has 2 aromatic rings. The third-order valence-electron chi connectivity index (χ3n) is 2.69. The molecule has 0 aromatic carbocycles. The molecule has 2 aromatic heterocycles. The van der Waals surface area contributed by atoms with Crippen molar-refractivity contribution in [3.63, 3.8) is 0 Å². The van der Waals surface area contributed by atoms with E-state index in [0.717, 1.165) is 18.7 Å². The van der Waals surface area contributed by atoms with Gasteiger partial charge in [-0.1, -0.05) is 6.92 Å². The third-order valence-corrected chi connectivity index (χ3v) is 2.69. The summed E-state index contributed by atoms with van der Waals surface area (Å²) >= 11 is 0. The summed E-state index contributed by atoms with van der Waals surface area (Å²) in [4.78, 5) is 8.38. The highest BCUT2D eigenvalue weighted by Gasteiger charge is 2.07. The molecule has 0 radical (unpaired) electrons. The lowest BCUT2D eigenvalue weighted by Gasteiger charge is -2.12. The molecule has 1 atom stereocenters. The van der Waals surface area contributed by atoms with E-state index in [4.69, 9.17) is 4.74 Å². The fourth-order valence-electron chi connectivity index (χ4n) is 1.65. The Morgan fingerprint density at radius 3 is 2.79 bits per heavy atom. The van der Waals surface area contributed by atoms with Gasteiger partial charge in [0.15, 0.2) is 0 Å². The highest BCUT2D eigenvalue weighted by atomic mass is 16.5. The van der Waals surface area contributed by atoms with E-state index < -0.39 is 0 Å². The monoisotopic (exact) mass is 261 g/mol. The molecule has 0 fully saturated rings. The van der Waals surface area contributed by atoms with Crippen LogP contribution >= 0.6 is 0 Å². The first kappa shape index (κ1) is 13.5. The minimum absolute atomic E-state index is 0.238. The van der Waals surface area contributed by atoms with Gasteiger partial charge in [-0.3, -0.25) is 9.67 Å². The van der Waals surface area contributed by atoms with E-state index in [1.54, 1.807) is 24.3 Å². The number of aromatic nitrogens is 4. The molecule has 0 amide bonds. The van der Waals surface area contributed by atoms with Crippen molar-refractivity contribution in [3.05, 3.63) is 30.4 Å². The van der Waals surface area contributed by atoms with Gasteiger partial charge in [-0.05, 0) is 32.0 Å². The van der Waals surface area contributed by atoms with E-state index in [0.29, 0.717) is 11.8 Å². The van der Waals surface area contributed by atoms with Gasteiger partial charge in [0.25, 0.3) is 0 Å². The topological polar surface area (TPSA) is 64.9 Å². The molecule has 0 bridgehead atoms. The number of nitrogens with zero attached hydrogens (tertiary/aromatic N) is 4. The van der Waals surface area contributed by atoms with Crippen LogP contribution in [-0.4, -0.2) is 26.3 Å². The third kappa shape index (κ3) is 3.75. The Morgan fingerprint density at radius 2 is 2.21 bits per heavy atom. The Labute approximate surface area is 112 Å². The van der Waals surface area contributed by atoms with Crippen LogP contribution in [0.15, 0.2) is 24.7 Å². The van der Waals surface area contributed by atoms with Crippen LogP contribution in [0.1, 0.15) is 32.0 Å². The predicted molar refractivity (Wildman–Crippen MR) is 72.0 cm³/mol. The zero-order chi connectivity index (χ0) is 13.7. The fourth-order valence-corrected chi connectivity index (χ4v) is 1.65. The normalized spacial score (nSPS) is 12.4. The molecule has 0 aliphatic carbocycles. The van der Waals surface area contributed by atoms with Crippen LogP contribution in [0.5, 0.6) is 11.8 Å². The second kappa shape index (κ2) is 6.29. The van der Waals surface area contributed by atoms with E-state index in [1.165, 1.54) is 0 Å². The Balaban J connectivity index is 1.98. The van der Waals surface area contributed by atoms with Crippen molar-refractivity contribution in [2.75, 3.05) is 6.54 Å². The number of aryl methyl sites for hydroxylation is 1.